The Balaban J connectivity index is 0. The van der Waals surface area contributed by atoms with Gasteiger partial charge in [-0.3, -0.25) is 4.79 Å². The van der Waals surface area contributed by atoms with Crippen LogP contribution in [0.15, 0.2) is 12.2 Å². The van der Waals surface area contributed by atoms with E-state index in [1.807, 2.05) is 20.8 Å². The molecule has 0 aromatic heterocycles. The van der Waals surface area contributed by atoms with Gasteiger partial charge in [0.2, 0.25) is 0 Å². The molecule has 0 aromatic rings. The SMILES string of the molecule is C=C(C)[C@@H](C)[C@@H](CCC)C(C)=O.CC. The van der Waals surface area contributed by atoms with Crippen molar-refractivity contribution in [3.63, 3.8) is 0 Å². The van der Waals surface area contributed by atoms with Crippen LogP contribution in [-0.4, -0.2) is 5.78 Å². The van der Waals surface area contributed by atoms with Gasteiger partial charge in [0.05, 0.1) is 0 Å². The van der Waals surface area contributed by atoms with Crippen LogP contribution in [-0.2, 0) is 4.79 Å². The second-order valence-electron chi connectivity index (χ2n) is 3.64. The van der Waals surface area contributed by atoms with Crippen LogP contribution < -0.4 is 0 Å². The molecule has 2 atom stereocenters. The highest BCUT2D eigenvalue weighted by molar-refractivity contribution is 5.78. The maximum absolute atomic E-state index is 11.2. The van der Waals surface area contributed by atoms with Gasteiger partial charge in [0, 0.05) is 5.92 Å². The van der Waals surface area contributed by atoms with E-state index in [4.69, 9.17) is 0 Å². The van der Waals surface area contributed by atoms with E-state index < -0.39 is 0 Å². The molecule has 0 fully saturated rings. The van der Waals surface area contributed by atoms with Gasteiger partial charge in [-0.25, -0.2) is 0 Å². The third-order valence-electron chi connectivity index (χ3n) is 2.50. The standard InChI is InChI=1S/C11H20O.C2H6/c1-6-7-11(10(5)12)9(4)8(2)3;1-2/h9,11H,2,6-7H2,1,3-5H3;1-2H3/t9-,11-;/m1./s1. The van der Waals surface area contributed by atoms with E-state index in [2.05, 4.69) is 20.4 Å². The Morgan fingerprint density at radius 1 is 1.29 bits per heavy atom. The maximum Gasteiger partial charge on any atom is 0.133 e. The zero-order valence-corrected chi connectivity index (χ0v) is 10.7. The molecule has 0 aliphatic carbocycles. The van der Waals surface area contributed by atoms with E-state index in [0.717, 1.165) is 18.4 Å². The fraction of sp³-hybridized carbons (Fsp3) is 0.769. The van der Waals surface area contributed by atoms with Crippen molar-refractivity contribution in [2.24, 2.45) is 11.8 Å². The molecule has 0 amide bonds. The summed E-state index contributed by atoms with van der Waals surface area (Å²) in [7, 11) is 0. The lowest BCUT2D eigenvalue weighted by molar-refractivity contribution is -0.122. The number of carbonyl (C=O) groups is 1. The molecule has 0 rings (SSSR count). The molecule has 0 N–H and O–H groups in total. The summed E-state index contributed by atoms with van der Waals surface area (Å²) in [6, 6.07) is 0. The van der Waals surface area contributed by atoms with Crippen LogP contribution in [0.2, 0.25) is 0 Å². The van der Waals surface area contributed by atoms with Gasteiger partial charge in [-0.05, 0) is 26.2 Å². The molecular weight excluding hydrogens is 172 g/mol. The summed E-state index contributed by atoms with van der Waals surface area (Å²) < 4.78 is 0. The maximum atomic E-state index is 11.2. The quantitative estimate of drug-likeness (QED) is 0.604. The number of hydrogen-bond acceptors (Lipinski definition) is 1. The van der Waals surface area contributed by atoms with Gasteiger partial charge < -0.3 is 0 Å². The Labute approximate surface area is 89.6 Å². The van der Waals surface area contributed by atoms with E-state index in [0.29, 0.717) is 11.7 Å². The summed E-state index contributed by atoms with van der Waals surface area (Å²) in [6.45, 7) is 15.8. The molecule has 0 radical (unpaired) electrons. The minimum atomic E-state index is 0.187. The van der Waals surface area contributed by atoms with Crippen molar-refractivity contribution < 1.29 is 4.79 Å². The van der Waals surface area contributed by atoms with Crippen LogP contribution in [0.5, 0.6) is 0 Å². The largest absolute Gasteiger partial charge is 0.300 e. The highest BCUT2D eigenvalue weighted by atomic mass is 16.1. The third kappa shape index (κ3) is 5.95. The van der Waals surface area contributed by atoms with Crippen molar-refractivity contribution in [1.82, 2.24) is 0 Å². The molecular formula is C13H26O. The van der Waals surface area contributed by atoms with Gasteiger partial charge >= 0.3 is 0 Å². The molecule has 0 aliphatic heterocycles. The van der Waals surface area contributed by atoms with Crippen LogP contribution in [0.4, 0.5) is 0 Å². The summed E-state index contributed by atoms with van der Waals surface area (Å²) in [5.41, 5.74) is 1.11. The molecule has 0 bridgehead atoms. The van der Waals surface area contributed by atoms with E-state index in [1.165, 1.54) is 0 Å². The third-order valence-corrected chi connectivity index (χ3v) is 2.50. The Bertz CT molecular complexity index is 170. The van der Waals surface area contributed by atoms with Crippen LogP contribution in [0.25, 0.3) is 0 Å². The molecule has 0 aromatic carbocycles. The lowest BCUT2D eigenvalue weighted by Gasteiger charge is -2.20. The molecule has 1 nitrogen and oxygen atoms in total. The van der Waals surface area contributed by atoms with Crippen molar-refractivity contribution in [3.8, 4) is 0 Å². The van der Waals surface area contributed by atoms with Gasteiger partial charge in [-0.1, -0.05) is 46.3 Å². The van der Waals surface area contributed by atoms with Crippen molar-refractivity contribution in [2.75, 3.05) is 0 Å². The molecule has 0 heterocycles. The zero-order chi connectivity index (χ0) is 11.7. The minimum Gasteiger partial charge on any atom is -0.300 e. The van der Waals surface area contributed by atoms with Crippen molar-refractivity contribution >= 4 is 5.78 Å². The van der Waals surface area contributed by atoms with Crippen molar-refractivity contribution in [1.29, 1.82) is 0 Å². The highest BCUT2D eigenvalue weighted by Crippen LogP contribution is 2.23. The average Bonchev–Trinajstić information content (AvgIpc) is 2.15. The Morgan fingerprint density at radius 3 is 1.93 bits per heavy atom. The second-order valence-corrected chi connectivity index (χ2v) is 3.64. The predicted molar refractivity (Wildman–Crippen MR) is 64.4 cm³/mol. The number of rotatable bonds is 5. The van der Waals surface area contributed by atoms with Crippen LogP contribution in [0.3, 0.4) is 0 Å². The number of hydrogen-bond donors (Lipinski definition) is 0. The van der Waals surface area contributed by atoms with E-state index in [1.54, 1.807) is 6.92 Å². The number of allylic oxidation sites excluding steroid dienone is 1. The van der Waals surface area contributed by atoms with Crippen LogP contribution in [0.1, 0.15) is 54.4 Å². The molecule has 0 saturated carbocycles. The monoisotopic (exact) mass is 198 g/mol. The molecule has 1 heteroatoms. The number of carbonyl (C=O) groups excluding carboxylic acids is 1. The second kappa shape index (κ2) is 8.98. The molecule has 0 spiro atoms. The topological polar surface area (TPSA) is 17.1 Å². The molecule has 0 unspecified atom stereocenters. The Kier molecular flexibility index (Phi) is 10.2. The normalized spacial score (nSPS) is 13.6. The Morgan fingerprint density at radius 2 is 1.71 bits per heavy atom. The first-order valence-electron chi connectivity index (χ1n) is 5.66. The van der Waals surface area contributed by atoms with Crippen LogP contribution in [0, 0.1) is 11.8 Å². The minimum absolute atomic E-state index is 0.187. The van der Waals surface area contributed by atoms with Gasteiger partial charge in [0.15, 0.2) is 0 Å². The first-order valence-corrected chi connectivity index (χ1v) is 5.66. The summed E-state index contributed by atoms with van der Waals surface area (Å²) in [6.07, 6.45) is 2.06. The average molecular weight is 198 g/mol. The summed E-state index contributed by atoms with van der Waals surface area (Å²) in [5, 5.41) is 0. The number of Topliss-reactive ketones (excluding diaryl/α,β-unsaturated/α-hetero) is 1. The van der Waals surface area contributed by atoms with Crippen molar-refractivity contribution in [3.05, 3.63) is 12.2 Å². The summed E-state index contributed by atoms with van der Waals surface area (Å²) >= 11 is 0. The predicted octanol–water partition coefficient (Wildman–Crippen LogP) is 4.23. The van der Waals surface area contributed by atoms with Gasteiger partial charge in [-0.2, -0.15) is 0 Å². The molecule has 0 aliphatic rings. The van der Waals surface area contributed by atoms with E-state index in [-0.39, 0.29) is 5.92 Å². The van der Waals surface area contributed by atoms with Crippen molar-refractivity contribution in [2.45, 2.75) is 54.4 Å². The fourth-order valence-electron chi connectivity index (χ4n) is 1.46. The molecule has 14 heavy (non-hydrogen) atoms. The fourth-order valence-corrected chi connectivity index (χ4v) is 1.46. The van der Waals surface area contributed by atoms with Gasteiger partial charge in [-0.15, -0.1) is 0 Å². The van der Waals surface area contributed by atoms with Gasteiger partial charge in [0.25, 0.3) is 0 Å². The smallest absolute Gasteiger partial charge is 0.133 e. The highest BCUT2D eigenvalue weighted by Gasteiger charge is 2.20. The lowest BCUT2D eigenvalue weighted by atomic mass is 9.83. The van der Waals surface area contributed by atoms with E-state index in [9.17, 15) is 4.79 Å². The summed E-state index contributed by atoms with van der Waals surface area (Å²) in [4.78, 5) is 11.2. The van der Waals surface area contributed by atoms with Gasteiger partial charge in [0.1, 0.15) is 5.78 Å². The summed E-state index contributed by atoms with van der Waals surface area (Å²) in [5.74, 6) is 0.822. The first-order chi connectivity index (χ1) is 6.50. The molecule has 84 valence electrons. The Hall–Kier alpha value is -0.590. The van der Waals surface area contributed by atoms with Crippen LogP contribution >= 0.6 is 0 Å². The first kappa shape index (κ1) is 15.9. The molecule has 0 saturated heterocycles. The zero-order valence-electron chi connectivity index (χ0n) is 10.7. The van der Waals surface area contributed by atoms with E-state index >= 15 is 0 Å². The lowest BCUT2D eigenvalue weighted by Crippen LogP contribution is -2.20. The number of ketones is 1.